The molecule has 0 bridgehead atoms. The molecular weight excluding hydrogens is 364 g/mol. The van der Waals surface area contributed by atoms with Gasteiger partial charge in [0.25, 0.3) is 0 Å². The van der Waals surface area contributed by atoms with Crippen molar-refractivity contribution in [3.05, 3.63) is 66.2 Å². The van der Waals surface area contributed by atoms with Gasteiger partial charge >= 0.3 is 0 Å². The highest BCUT2D eigenvalue weighted by Gasteiger charge is 2.43. The number of para-hydroxylation sites is 1. The monoisotopic (exact) mass is 392 g/mol. The van der Waals surface area contributed by atoms with Crippen molar-refractivity contribution in [2.24, 2.45) is 0 Å². The summed E-state index contributed by atoms with van der Waals surface area (Å²) >= 11 is 0. The second-order valence-electron chi connectivity index (χ2n) is 7.86. The summed E-state index contributed by atoms with van der Waals surface area (Å²) in [5, 5.41) is 9.56. The minimum absolute atomic E-state index is 0.0163. The van der Waals surface area contributed by atoms with E-state index in [-0.39, 0.29) is 29.9 Å². The van der Waals surface area contributed by atoms with E-state index in [9.17, 15) is 9.59 Å². The number of rotatable bonds is 7. The van der Waals surface area contributed by atoms with E-state index < -0.39 is 0 Å². The van der Waals surface area contributed by atoms with Crippen LogP contribution in [0.3, 0.4) is 0 Å². The second kappa shape index (κ2) is 9.20. The first kappa shape index (κ1) is 19.6. The Kier molecular flexibility index (Phi) is 6.22. The molecule has 2 fully saturated rings. The lowest BCUT2D eigenvalue weighted by Gasteiger charge is -2.37. The number of nitrogens with one attached hydrogen (secondary N) is 3. The smallest absolute Gasteiger partial charge is 0.237 e. The van der Waals surface area contributed by atoms with E-state index in [1.54, 1.807) is 0 Å². The zero-order valence-corrected chi connectivity index (χ0v) is 16.5. The molecule has 6 nitrogen and oxygen atoms in total. The fourth-order valence-corrected chi connectivity index (χ4v) is 4.29. The van der Waals surface area contributed by atoms with Crippen molar-refractivity contribution in [2.75, 3.05) is 18.4 Å². The summed E-state index contributed by atoms with van der Waals surface area (Å²) in [4.78, 5) is 27.0. The molecular formula is C23H28N4O2. The molecule has 2 heterocycles. The Morgan fingerprint density at radius 3 is 2.55 bits per heavy atom. The molecule has 0 aromatic heterocycles. The van der Waals surface area contributed by atoms with Crippen molar-refractivity contribution in [3.63, 3.8) is 0 Å². The van der Waals surface area contributed by atoms with Gasteiger partial charge in [0.15, 0.2) is 0 Å². The molecule has 2 aliphatic heterocycles. The Balaban J connectivity index is 1.29. The van der Waals surface area contributed by atoms with Crippen LogP contribution in [0.4, 0.5) is 5.69 Å². The van der Waals surface area contributed by atoms with Crippen LogP contribution in [0.1, 0.15) is 24.8 Å². The van der Waals surface area contributed by atoms with Crippen molar-refractivity contribution in [3.8, 4) is 0 Å². The zero-order chi connectivity index (χ0) is 20.1. The zero-order valence-electron chi connectivity index (χ0n) is 16.5. The number of hydrogen-bond donors (Lipinski definition) is 3. The van der Waals surface area contributed by atoms with Gasteiger partial charge in [-0.15, -0.1) is 0 Å². The normalized spacial score (nSPS) is 24.0. The number of hydrogen-bond acceptors (Lipinski definition) is 4. The van der Waals surface area contributed by atoms with Gasteiger partial charge in [0.1, 0.15) is 0 Å². The molecule has 0 saturated carbocycles. The number of anilines is 1. The quantitative estimate of drug-likeness (QED) is 0.675. The first-order valence-corrected chi connectivity index (χ1v) is 10.3. The van der Waals surface area contributed by atoms with Crippen LogP contribution in [0.15, 0.2) is 60.7 Å². The van der Waals surface area contributed by atoms with Gasteiger partial charge < -0.3 is 16.0 Å². The number of nitrogens with zero attached hydrogens (tertiary/aromatic N) is 1. The molecule has 2 aliphatic rings. The minimum Gasteiger partial charge on any atom is -0.353 e. The molecule has 2 aromatic rings. The topological polar surface area (TPSA) is 73.5 Å². The Morgan fingerprint density at radius 2 is 1.79 bits per heavy atom. The highest BCUT2D eigenvalue weighted by Crippen LogP contribution is 2.26. The summed E-state index contributed by atoms with van der Waals surface area (Å²) in [5.41, 5.74) is 2.06. The van der Waals surface area contributed by atoms with Crippen LogP contribution in [0.25, 0.3) is 0 Å². The standard InChI is InChI=1S/C23H28N4O2/c28-22(26-18-9-5-2-6-10-18)12-11-20-15-25-23(29)21-13-19(16-27(20)21)24-14-17-7-3-1-4-8-17/h1-10,19-21,24H,11-16H2,(H,25,29)(H,26,28)/t19-,20-,21-/m1/s1. The summed E-state index contributed by atoms with van der Waals surface area (Å²) in [6.45, 7) is 2.26. The summed E-state index contributed by atoms with van der Waals surface area (Å²) in [6, 6.07) is 20.2. The summed E-state index contributed by atoms with van der Waals surface area (Å²) in [7, 11) is 0. The van der Waals surface area contributed by atoms with Gasteiger partial charge in [-0.1, -0.05) is 48.5 Å². The first-order chi connectivity index (χ1) is 14.2. The highest BCUT2D eigenvalue weighted by molar-refractivity contribution is 5.90. The number of benzene rings is 2. The van der Waals surface area contributed by atoms with Crippen LogP contribution < -0.4 is 16.0 Å². The van der Waals surface area contributed by atoms with E-state index in [2.05, 4.69) is 33.0 Å². The van der Waals surface area contributed by atoms with Gasteiger partial charge in [-0.3, -0.25) is 14.5 Å². The third-order valence-corrected chi connectivity index (χ3v) is 5.82. The van der Waals surface area contributed by atoms with Crippen LogP contribution in [0.5, 0.6) is 0 Å². The Morgan fingerprint density at radius 1 is 1.07 bits per heavy atom. The molecule has 29 heavy (non-hydrogen) atoms. The van der Waals surface area contributed by atoms with Gasteiger partial charge in [0.2, 0.25) is 11.8 Å². The molecule has 0 aliphatic carbocycles. The van der Waals surface area contributed by atoms with Crippen LogP contribution in [-0.4, -0.2) is 47.9 Å². The molecule has 2 aromatic carbocycles. The molecule has 3 atom stereocenters. The third kappa shape index (κ3) is 5.02. The van der Waals surface area contributed by atoms with Gasteiger partial charge in [0, 0.05) is 43.8 Å². The Labute approximate surface area is 171 Å². The molecule has 6 heteroatoms. The van der Waals surface area contributed by atoms with E-state index in [4.69, 9.17) is 0 Å². The summed E-state index contributed by atoms with van der Waals surface area (Å²) in [5.74, 6) is 0.126. The van der Waals surface area contributed by atoms with Crippen LogP contribution in [-0.2, 0) is 16.1 Å². The van der Waals surface area contributed by atoms with Crippen molar-refractivity contribution >= 4 is 17.5 Å². The number of piperazine rings is 1. The molecule has 4 rings (SSSR count). The van der Waals surface area contributed by atoms with E-state index in [0.717, 1.165) is 31.6 Å². The van der Waals surface area contributed by atoms with Crippen LogP contribution >= 0.6 is 0 Å². The fraction of sp³-hybridized carbons (Fsp3) is 0.391. The lowest BCUT2D eigenvalue weighted by Crippen LogP contribution is -2.57. The maximum absolute atomic E-state index is 12.4. The molecule has 0 spiro atoms. The van der Waals surface area contributed by atoms with E-state index in [1.807, 2.05) is 48.5 Å². The molecule has 0 unspecified atom stereocenters. The third-order valence-electron chi connectivity index (χ3n) is 5.82. The number of amides is 2. The number of carbonyl (C=O) groups excluding carboxylic acids is 2. The van der Waals surface area contributed by atoms with Gasteiger partial charge in [-0.2, -0.15) is 0 Å². The van der Waals surface area contributed by atoms with Crippen LogP contribution in [0, 0.1) is 0 Å². The molecule has 3 N–H and O–H groups in total. The maximum Gasteiger partial charge on any atom is 0.237 e. The van der Waals surface area contributed by atoms with E-state index in [1.165, 1.54) is 5.56 Å². The van der Waals surface area contributed by atoms with Gasteiger partial charge in [-0.05, 0) is 30.5 Å². The summed E-state index contributed by atoms with van der Waals surface area (Å²) in [6.07, 6.45) is 1.99. The first-order valence-electron chi connectivity index (χ1n) is 10.3. The Hall–Kier alpha value is -2.70. The van der Waals surface area contributed by atoms with Crippen molar-refractivity contribution in [1.82, 2.24) is 15.5 Å². The maximum atomic E-state index is 12.4. The Bertz CT molecular complexity index is 827. The van der Waals surface area contributed by atoms with Crippen molar-refractivity contribution < 1.29 is 9.59 Å². The van der Waals surface area contributed by atoms with Crippen molar-refractivity contribution in [1.29, 1.82) is 0 Å². The molecule has 2 amide bonds. The second-order valence-corrected chi connectivity index (χ2v) is 7.86. The molecule has 0 radical (unpaired) electrons. The summed E-state index contributed by atoms with van der Waals surface area (Å²) < 4.78 is 0. The average molecular weight is 393 g/mol. The highest BCUT2D eigenvalue weighted by atomic mass is 16.2. The van der Waals surface area contributed by atoms with Crippen molar-refractivity contribution in [2.45, 2.75) is 43.9 Å². The largest absolute Gasteiger partial charge is 0.353 e. The van der Waals surface area contributed by atoms with Gasteiger partial charge in [-0.25, -0.2) is 0 Å². The van der Waals surface area contributed by atoms with E-state index >= 15 is 0 Å². The molecule has 152 valence electrons. The number of fused-ring (bicyclic) bond motifs is 1. The SMILES string of the molecule is O=C(CC[C@@H]1CNC(=O)[C@H]2C[C@@H](NCc3ccccc3)CN12)Nc1ccccc1. The van der Waals surface area contributed by atoms with Gasteiger partial charge in [0.05, 0.1) is 6.04 Å². The lowest BCUT2D eigenvalue weighted by atomic mass is 10.0. The van der Waals surface area contributed by atoms with E-state index in [0.29, 0.717) is 13.0 Å². The predicted molar refractivity (Wildman–Crippen MR) is 113 cm³/mol. The fourth-order valence-electron chi connectivity index (χ4n) is 4.29. The average Bonchev–Trinajstić information content (AvgIpc) is 3.19. The lowest BCUT2D eigenvalue weighted by molar-refractivity contribution is -0.129. The molecule has 2 saturated heterocycles. The number of carbonyl (C=O) groups is 2. The van der Waals surface area contributed by atoms with Crippen LogP contribution in [0.2, 0.25) is 0 Å². The predicted octanol–water partition coefficient (Wildman–Crippen LogP) is 2.14. The minimum atomic E-state index is -0.0980.